The molecule has 2 N–H and O–H groups in total. The monoisotopic (exact) mass is 407 g/mol. The molecule has 0 aromatic carbocycles. The van der Waals surface area contributed by atoms with Crippen molar-refractivity contribution < 1.29 is 14.0 Å². The van der Waals surface area contributed by atoms with E-state index in [0.717, 1.165) is 11.1 Å². The fourth-order valence-corrected chi connectivity index (χ4v) is 3.76. The summed E-state index contributed by atoms with van der Waals surface area (Å²) in [5.41, 5.74) is 1.62. The highest BCUT2D eigenvalue weighted by atomic mass is 32.1. The van der Waals surface area contributed by atoms with Crippen molar-refractivity contribution in [3.8, 4) is 5.82 Å². The van der Waals surface area contributed by atoms with Crippen LogP contribution < -0.4 is 10.6 Å². The Balaban J connectivity index is 1.45. The number of thiophene rings is 1. The number of nitrogens with zero attached hydrogens (tertiary/aromatic N) is 3. The van der Waals surface area contributed by atoms with Gasteiger partial charge in [0.25, 0.3) is 11.8 Å². The molecular weight excluding hydrogens is 390 g/mol. The van der Waals surface area contributed by atoms with Gasteiger partial charge in [-0.05, 0) is 42.8 Å². The zero-order valence-corrected chi connectivity index (χ0v) is 16.3. The predicted octanol–water partition coefficient (Wildman–Crippen LogP) is 3.41. The standard InChI is InChI=1S/C20H17N5O3S/c1-13-11-16(24-19(26)15-6-3-10-28-15)29-17(13)20(27)22-12-14-5-2-7-21-18(14)25-9-4-8-23-25/h2-11H,12H2,1H3,(H,22,27)(H,24,26). The number of carbonyl (C=O) groups excluding carboxylic acids is 2. The van der Waals surface area contributed by atoms with Crippen molar-refractivity contribution >= 4 is 28.2 Å². The lowest BCUT2D eigenvalue weighted by Gasteiger charge is -2.09. The van der Waals surface area contributed by atoms with Gasteiger partial charge in [-0.3, -0.25) is 9.59 Å². The van der Waals surface area contributed by atoms with Crippen LogP contribution in [0.4, 0.5) is 5.00 Å². The van der Waals surface area contributed by atoms with Crippen molar-refractivity contribution in [3.63, 3.8) is 0 Å². The Bertz CT molecular complexity index is 1130. The lowest BCUT2D eigenvalue weighted by Crippen LogP contribution is -2.23. The van der Waals surface area contributed by atoms with Gasteiger partial charge < -0.3 is 15.1 Å². The molecule has 0 aliphatic heterocycles. The van der Waals surface area contributed by atoms with Crippen LogP contribution in [0.15, 0.2) is 65.7 Å². The van der Waals surface area contributed by atoms with Gasteiger partial charge in [-0.2, -0.15) is 5.10 Å². The van der Waals surface area contributed by atoms with E-state index in [0.29, 0.717) is 22.2 Å². The molecule has 0 saturated carbocycles. The van der Waals surface area contributed by atoms with E-state index in [2.05, 4.69) is 20.7 Å². The van der Waals surface area contributed by atoms with Crippen LogP contribution >= 0.6 is 11.3 Å². The van der Waals surface area contributed by atoms with E-state index in [-0.39, 0.29) is 17.6 Å². The summed E-state index contributed by atoms with van der Waals surface area (Å²) in [5.74, 6) is 0.292. The average molecular weight is 407 g/mol. The van der Waals surface area contributed by atoms with E-state index < -0.39 is 0 Å². The zero-order valence-electron chi connectivity index (χ0n) is 15.5. The first-order valence-electron chi connectivity index (χ1n) is 8.79. The summed E-state index contributed by atoms with van der Waals surface area (Å²) in [4.78, 5) is 29.7. The summed E-state index contributed by atoms with van der Waals surface area (Å²) < 4.78 is 6.73. The minimum absolute atomic E-state index is 0.213. The number of carbonyl (C=O) groups is 2. The number of pyridine rings is 1. The first-order valence-corrected chi connectivity index (χ1v) is 9.61. The molecule has 0 aliphatic carbocycles. The normalized spacial score (nSPS) is 10.7. The van der Waals surface area contributed by atoms with Gasteiger partial charge in [-0.15, -0.1) is 11.3 Å². The minimum atomic E-state index is -0.359. The molecule has 0 bridgehead atoms. The van der Waals surface area contributed by atoms with E-state index in [1.807, 2.05) is 25.1 Å². The maximum Gasteiger partial charge on any atom is 0.291 e. The molecule has 146 valence electrons. The van der Waals surface area contributed by atoms with Gasteiger partial charge in [0.15, 0.2) is 11.6 Å². The second-order valence-corrected chi connectivity index (χ2v) is 7.23. The predicted molar refractivity (Wildman–Crippen MR) is 108 cm³/mol. The maximum absolute atomic E-state index is 12.7. The Hall–Kier alpha value is -3.72. The number of hydrogen-bond donors (Lipinski definition) is 2. The van der Waals surface area contributed by atoms with Crippen molar-refractivity contribution in [2.24, 2.45) is 0 Å². The van der Waals surface area contributed by atoms with Crippen molar-refractivity contribution in [2.45, 2.75) is 13.5 Å². The molecule has 0 atom stereocenters. The number of aryl methyl sites for hydroxylation is 1. The fraction of sp³-hybridized carbons (Fsp3) is 0.100. The lowest BCUT2D eigenvalue weighted by atomic mass is 10.2. The largest absolute Gasteiger partial charge is 0.459 e. The number of nitrogens with one attached hydrogen (secondary N) is 2. The SMILES string of the molecule is Cc1cc(NC(=O)c2ccco2)sc1C(=O)NCc1cccnc1-n1cccn1. The summed E-state index contributed by atoms with van der Waals surface area (Å²) >= 11 is 1.21. The van der Waals surface area contributed by atoms with Gasteiger partial charge in [0.1, 0.15) is 0 Å². The van der Waals surface area contributed by atoms with Gasteiger partial charge in [0.2, 0.25) is 0 Å². The molecule has 0 unspecified atom stereocenters. The van der Waals surface area contributed by atoms with Crippen molar-refractivity contribution in [1.82, 2.24) is 20.1 Å². The van der Waals surface area contributed by atoms with Crippen LogP contribution in [-0.2, 0) is 6.54 Å². The van der Waals surface area contributed by atoms with Crippen LogP contribution in [0.3, 0.4) is 0 Å². The molecule has 2 amide bonds. The molecular formula is C20H17N5O3S. The molecule has 29 heavy (non-hydrogen) atoms. The van der Waals surface area contributed by atoms with Crippen LogP contribution in [0, 0.1) is 6.92 Å². The topological polar surface area (TPSA) is 102 Å². The van der Waals surface area contributed by atoms with Crippen LogP contribution in [0.25, 0.3) is 5.82 Å². The number of amides is 2. The van der Waals surface area contributed by atoms with Crippen LogP contribution in [0.1, 0.15) is 31.4 Å². The Morgan fingerprint density at radius 2 is 2.07 bits per heavy atom. The van der Waals surface area contributed by atoms with E-state index in [4.69, 9.17) is 4.42 Å². The van der Waals surface area contributed by atoms with Crippen LogP contribution in [0.2, 0.25) is 0 Å². The molecule has 9 heteroatoms. The van der Waals surface area contributed by atoms with Gasteiger partial charge >= 0.3 is 0 Å². The Morgan fingerprint density at radius 3 is 2.83 bits per heavy atom. The quantitative estimate of drug-likeness (QED) is 0.510. The van der Waals surface area contributed by atoms with Gasteiger partial charge in [0, 0.05) is 30.7 Å². The highest BCUT2D eigenvalue weighted by molar-refractivity contribution is 7.18. The minimum Gasteiger partial charge on any atom is -0.459 e. The Labute approximate surface area is 170 Å². The fourth-order valence-electron chi connectivity index (χ4n) is 2.77. The average Bonchev–Trinajstić information content (AvgIpc) is 3.48. The van der Waals surface area contributed by atoms with E-state index in [9.17, 15) is 9.59 Å². The van der Waals surface area contributed by atoms with Crippen molar-refractivity contribution in [3.05, 3.63) is 83.0 Å². The van der Waals surface area contributed by atoms with Crippen LogP contribution in [0.5, 0.6) is 0 Å². The zero-order chi connectivity index (χ0) is 20.2. The van der Waals surface area contributed by atoms with Gasteiger partial charge in [0.05, 0.1) is 16.1 Å². The van der Waals surface area contributed by atoms with Gasteiger partial charge in [-0.25, -0.2) is 9.67 Å². The number of aromatic nitrogens is 3. The summed E-state index contributed by atoms with van der Waals surface area (Å²) in [6.07, 6.45) is 6.58. The molecule has 4 aromatic rings. The molecule has 4 aromatic heterocycles. The maximum atomic E-state index is 12.7. The summed E-state index contributed by atoms with van der Waals surface area (Å²) in [5, 5.41) is 10.4. The first-order chi connectivity index (χ1) is 14.1. The second kappa shape index (κ2) is 8.11. The number of rotatable bonds is 6. The summed E-state index contributed by atoms with van der Waals surface area (Å²) in [6, 6.07) is 10.5. The summed E-state index contributed by atoms with van der Waals surface area (Å²) in [6.45, 7) is 2.13. The third kappa shape index (κ3) is 4.09. The third-order valence-corrected chi connectivity index (χ3v) is 5.29. The molecule has 4 rings (SSSR count). The molecule has 4 heterocycles. The molecule has 0 radical (unpaired) electrons. The summed E-state index contributed by atoms with van der Waals surface area (Å²) in [7, 11) is 0. The smallest absolute Gasteiger partial charge is 0.291 e. The molecule has 0 spiro atoms. The lowest BCUT2D eigenvalue weighted by molar-refractivity contribution is 0.0953. The third-order valence-electron chi connectivity index (χ3n) is 4.13. The number of anilines is 1. The second-order valence-electron chi connectivity index (χ2n) is 6.17. The van der Waals surface area contributed by atoms with Gasteiger partial charge in [-0.1, -0.05) is 6.07 Å². The molecule has 0 fully saturated rings. The number of furan rings is 1. The van der Waals surface area contributed by atoms with E-state index in [1.54, 1.807) is 41.5 Å². The van der Waals surface area contributed by atoms with Crippen LogP contribution in [-0.4, -0.2) is 26.6 Å². The highest BCUT2D eigenvalue weighted by Crippen LogP contribution is 2.27. The molecule has 0 saturated heterocycles. The van der Waals surface area contributed by atoms with E-state index >= 15 is 0 Å². The Kier molecular flexibility index (Phi) is 5.21. The highest BCUT2D eigenvalue weighted by Gasteiger charge is 2.17. The Morgan fingerprint density at radius 1 is 1.17 bits per heavy atom. The van der Waals surface area contributed by atoms with Crippen molar-refractivity contribution in [1.29, 1.82) is 0 Å². The molecule has 8 nitrogen and oxygen atoms in total. The van der Waals surface area contributed by atoms with Crippen molar-refractivity contribution in [2.75, 3.05) is 5.32 Å². The number of hydrogen-bond acceptors (Lipinski definition) is 6. The first kappa shape index (κ1) is 18.6. The molecule has 0 aliphatic rings. The van der Waals surface area contributed by atoms with E-state index in [1.165, 1.54) is 17.6 Å².